The molecule has 4 nitrogen and oxygen atoms in total. The molecule has 0 saturated carbocycles. The number of hydrogen-bond donors (Lipinski definition) is 2. The SMILES string of the molecule is O=C(O)C=CCC=CC[C@H]1[C@@H](CCC(O)c2ccccc2)[C@H]2CC[C@@H]1O2. The molecule has 5 atom stereocenters. The maximum atomic E-state index is 10.5. The van der Waals surface area contributed by atoms with E-state index in [2.05, 4.69) is 6.08 Å². The van der Waals surface area contributed by atoms with Gasteiger partial charge in [0.15, 0.2) is 0 Å². The van der Waals surface area contributed by atoms with Crippen molar-refractivity contribution in [2.75, 3.05) is 0 Å². The summed E-state index contributed by atoms with van der Waals surface area (Å²) in [5.74, 6) is 0.111. The second kappa shape index (κ2) is 9.15. The molecule has 2 N–H and O–H groups in total. The van der Waals surface area contributed by atoms with Crippen molar-refractivity contribution < 1.29 is 19.7 Å². The quantitative estimate of drug-likeness (QED) is 0.512. The molecular formula is C22H28O4. The Kier molecular flexibility index (Phi) is 6.64. The minimum absolute atomic E-state index is 0.341. The molecule has 3 rings (SSSR count). The van der Waals surface area contributed by atoms with E-state index in [0.717, 1.165) is 37.7 Å². The lowest BCUT2D eigenvalue weighted by atomic mass is 9.75. The largest absolute Gasteiger partial charge is 0.478 e. The average molecular weight is 356 g/mol. The molecule has 0 amide bonds. The van der Waals surface area contributed by atoms with Crippen LogP contribution in [0.25, 0.3) is 0 Å². The van der Waals surface area contributed by atoms with Crippen LogP contribution in [0.15, 0.2) is 54.6 Å². The van der Waals surface area contributed by atoms with Crippen molar-refractivity contribution in [2.24, 2.45) is 11.8 Å². The lowest BCUT2D eigenvalue weighted by Crippen LogP contribution is -2.27. The zero-order valence-corrected chi connectivity index (χ0v) is 15.0. The van der Waals surface area contributed by atoms with Crippen molar-refractivity contribution in [1.82, 2.24) is 0 Å². The van der Waals surface area contributed by atoms with Gasteiger partial charge in [-0.1, -0.05) is 48.6 Å². The summed E-state index contributed by atoms with van der Waals surface area (Å²) in [5, 5.41) is 19.0. The van der Waals surface area contributed by atoms with E-state index in [1.807, 2.05) is 36.4 Å². The van der Waals surface area contributed by atoms with E-state index in [0.29, 0.717) is 30.5 Å². The Morgan fingerprint density at radius 3 is 2.58 bits per heavy atom. The number of aliphatic hydroxyl groups is 1. The molecule has 0 spiro atoms. The first kappa shape index (κ1) is 18.9. The van der Waals surface area contributed by atoms with Crippen LogP contribution in [0.3, 0.4) is 0 Å². The molecule has 26 heavy (non-hydrogen) atoms. The smallest absolute Gasteiger partial charge is 0.327 e. The lowest BCUT2D eigenvalue weighted by molar-refractivity contribution is -0.131. The van der Waals surface area contributed by atoms with Crippen LogP contribution in [0.2, 0.25) is 0 Å². The standard InChI is InChI=1S/C22H28O4/c23-19(16-8-4-3-5-9-16)13-12-18-17(20-14-15-21(18)26-20)10-6-1-2-7-11-22(24)25/h1,3-9,11,17-21,23H,2,10,12-15H2,(H,24,25)/t17-,18+,19?,20-,21+/m0/s1. The molecule has 0 radical (unpaired) electrons. The van der Waals surface area contributed by atoms with E-state index in [4.69, 9.17) is 9.84 Å². The summed E-state index contributed by atoms with van der Waals surface area (Å²) in [7, 11) is 0. The number of carboxylic acids is 1. The summed E-state index contributed by atoms with van der Waals surface area (Å²) in [6.07, 6.45) is 12.9. The summed E-state index contributed by atoms with van der Waals surface area (Å²) in [5.41, 5.74) is 0.984. The number of rotatable bonds is 9. The summed E-state index contributed by atoms with van der Waals surface area (Å²) >= 11 is 0. The van der Waals surface area contributed by atoms with Crippen LogP contribution >= 0.6 is 0 Å². The van der Waals surface area contributed by atoms with Crippen LogP contribution < -0.4 is 0 Å². The summed E-state index contributed by atoms with van der Waals surface area (Å²) < 4.78 is 6.14. The fourth-order valence-electron chi connectivity index (χ4n) is 4.39. The van der Waals surface area contributed by atoms with Gasteiger partial charge < -0.3 is 14.9 Å². The van der Waals surface area contributed by atoms with Gasteiger partial charge in [-0.05, 0) is 55.9 Å². The van der Waals surface area contributed by atoms with Gasteiger partial charge in [-0.3, -0.25) is 0 Å². The summed E-state index contributed by atoms with van der Waals surface area (Å²) in [4.78, 5) is 10.5. The lowest BCUT2D eigenvalue weighted by Gasteiger charge is -2.28. The molecule has 0 aromatic heterocycles. The van der Waals surface area contributed by atoms with E-state index in [9.17, 15) is 9.90 Å². The Bertz CT molecular complexity index is 637. The van der Waals surface area contributed by atoms with E-state index < -0.39 is 12.1 Å². The predicted octanol–water partition coefficient (Wildman–Crippen LogP) is 4.27. The van der Waals surface area contributed by atoms with Gasteiger partial charge in [-0.25, -0.2) is 4.79 Å². The number of aliphatic carboxylic acids is 1. The highest BCUT2D eigenvalue weighted by Crippen LogP contribution is 2.47. The van der Waals surface area contributed by atoms with E-state index in [1.54, 1.807) is 6.08 Å². The highest BCUT2D eigenvalue weighted by atomic mass is 16.5. The van der Waals surface area contributed by atoms with Crippen LogP contribution in [-0.4, -0.2) is 28.4 Å². The number of ether oxygens (including phenoxy) is 1. The molecule has 2 fully saturated rings. The van der Waals surface area contributed by atoms with Gasteiger partial charge in [0.2, 0.25) is 0 Å². The average Bonchev–Trinajstić information content (AvgIpc) is 3.24. The van der Waals surface area contributed by atoms with Crippen LogP contribution in [0.5, 0.6) is 0 Å². The van der Waals surface area contributed by atoms with Crippen LogP contribution in [0.1, 0.15) is 50.2 Å². The molecule has 1 unspecified atom stereocenters. The Hall–Kier alpha value is -1.91. The number of carbonyl (C=O) groups is 1. The molecule has 2 aliphatic rings. The van der Waals surface area contributed by atoms with Gasteiger partial charge in [0, 0.05) is 6.08 Å². The maximum absolute atomic E-state index is 10.5. The topological polar surface area (TPSA) is 66.8 Å². The van der Waals surface area contributed by atoms with Gasteiger partial charge in [-0.2, -0.15) is 0 Å². The van der Waals surface area contributed by atoms with Crippen molar-refractivity contribution in [3.8, 4) is 0 Å². The molecule has 0 aliphatic carbocycles. The number of allylic oxidation sites excluding steroid dienone is 3. The normalized spacial score (nSPS) is 29.0. The van der Waals surface area contributed by atoms with E-state index in [-0.39, 0.29) is 0 Å². The molecule has 1 aromatic carbocycles. The van der Waals surface area contributed by atoms with Crippen molar-refractivity contribution in [1.29, 1.82) is 0 Å². The number of aliphatic hydroxyl groups excluding tert-OH is 1. The van der Waals surface area contributed by atoms with Gasteiger partial charge in [0.05, 0.1) is 18.3 Å². The summed E-state index contributed by atoms with van der Waals surface area (Å²) in [6, 6.07) is 9.85. The summed E-state index contributed by atoms with van der Waals surface area (Å²) in [6.45, 7) is 0. The Morgan fingerprint density at radius 1 is 1.12 bits per heavy atom. The van der Waals surface area contributed by atoms with E-state index in [1.165, 1.54) is 6.08 Å². The molecule has 2 saturated heterocycles. The third-order valence-electron chi connectivity index (χ3n) is 5.66. The Balaban J connectivity index is 1.50. The highest BCUT2D eigenvalue weighted by molar-refractivity contribution is 5.79. The molecule has 2 aliphatic heterocycles. The molecule has 140 valence electrons. The zero-order chi connectivity index (χ0) is 18.4. The van der Waals surface area contributed by atoms with Crippen molar-refractivity contribution in [2.45, 2.75) is 56.8 Å². The fourth-order valence-corrected chi connectivity index (χ4v) is 4.39. The van der Waals surface area contributed by atoms with Crippen LogP contribution in [0.4, 0.5) is 0 Å². The minimum Gasteiger partial charge on any atom is -0.478 e. The Morgan fingerprint density at radius 2 is 1.85 bits per heavy atom. The monoisotopic (exact) mass is 356 g/mol. The predicted molar refractivity (Wildman–Crippen MR) is 101 cm³/mol. The van der Waals surface area contributed by atoms with Crippen LogP contribution in [-0.2, 0) is 9.53 Å². The highest BCUT2D eigenvalue weighted by Gasteiger charge is 2.47. The molecule has 1 aromatic rings. The second-order valence-electron chi connectivity index (χ2n) is 7.31. The van der Waals surface area contributed by atoms with E-state index >= 15 is 0 Å². The van der Waals surface area contributed by atoms with Crippen molar-refractivity contribution in [3.63, 3.8) is 0 Å². The van der Waals surface area contributed by atoms with Gasteiger partial charge in [0.25, 0.3) is 0 Å². The van der Waals surface area contributed by atoms with Crippen molar-refractivity contribution >= 4 is 5.97 Å². The van der Waals surface area contributed by atoms with Gasteiger partial charge in [0.1, 0.15) is 0 Å². The number of hydrogen-bond acceptors (Lipinski definition) is 3. The first-order chi connectivity index (χ1) is 12.6. The number of fused-ring (bicyclic) bond motifs is 2. The number of carboxylic acid groups (broad SMARTS) is 1. The first-order valence-electron chi connectivity index (χ1n) is 9.58. The Labute approximate surface area is 155 Å². The maximum Gasteiger partial charge on any atom is 0.327 e. The fraction of sp³-hybridized carbons (Fsp3) is 0.500. The van der Waals surface area contributed by atoms with Gasteiger partial charge >= 0.3 is 5.97 Å². The van der Waals surface area contributed by atoms with Crippen molar-refractivity contribution in [3.05, 3.63) is 60.2 Å². The third-order valence-corrected chi connectivity index (χ3v) is 5.66. The second-order valence-corrected chi connectivity index (χ2v) is 7.31. The van der Waals surface area contributed by atoms with Gasteiger partial charge in [-0.15, -0.1) is 0 Å². The zero-order valence-electron chi connectivity index (χ0n) is 15.0. The minimum atomic E-state index is -0.906. The first-order valence-corrected chi connectivity index (χ1v) is 9.58. The molecule has 2 heterocycles. The molecular weight excluding hydrogens is 328 g/mol. The number of benzene rings is 1. The molecule has 4 heteroatoms. The molecule has 2 bridgehead atoms. The third kappa shape index (κ3) is 4.83. The van der Waals surface area contributed by atoms with Crippen LogP contribution in [0, 0.1) is 11.8 Å².